The van der Waals surface area contributed by atoms with E-state index in [-0.39, 0.29) is 18.1 Å². The van der Waals surface area contributed by atoms with Gasteiger partial charge in [-0.3, -0.25) is 10.1 Å². The van der Waals surface area contributed by atoms with Gasteiger partial charge in [0.05, 0.1) is 6.54 Å². The average molecular weight is 349 g/mol. The molecule has 0 radical (unpaired) electrons. The molecule has 2 unspecified atom stereocenters. The minimum Gasteiger partial charge on any atom is -0.333 e. The van der Waals surface area contributed by atoms with Crippen LogP contribution in [0.15, 0.2) is 17.6 Å². The number of carbonyl (C=O) groups excluding carboxylic acids is 2. The van der Waals surface area contributed by atoms with E-state index >= 15 is 0 Å². The zero-order valence-corrected chi connectivity index (χ0v) is 15.5. The fourth-order valence-electron chi connectivity index (χ4n) is 3.36. The Morgan fingerprint density at radius 1 is 1.16 bits per heavy atom. The van der Waals surface area contributed by atoms with E-state index in [0.717, 1.165) is 19.4 Å². The van der Waals surface area contributed by atoms with Crippen molar-refractivity contribution in [3.05, 3.63) is 12.7 Å². The fourth-order valence-corrected chi connectivity index (χ4v) is 3.36. The number of carbonyl (C=O) groups is 2. The van der Waals surface area contributed by atoms with Crippen LogP contribution in [0.4, 0.5) is 4.79 Å². The molecule has 0 spiro atoms. The number of aliphatic imine (C=N–C) groups is 1. The van der Waals surface area contributed by atoms with Crippen LogP contribution >= 0.6 is 0 Å². The van der Waals surface area contributed by atoms with E-state index in [4.69, 9.17) is 0 Å². The number of hydrogen-bond donors (Lipinski definition) is 2. The molecule has 2 fully saturated rings. The minimum atomic E-state index is -0.425. The van der Waals surface area contributed by atoms with Gasteiger partial charge < -0.3 is 15.1 Å². The van der Waals surface area contributed by atoms with Crippen molar-refractivity contribution in [3.8, 4) is 0 Å². The maximum absolute atomic E-state index is 12.4. The normalized spacial score (nSPS) is 24.3. The fraction of sp³-hybridized carbons (Fsp3) is 0.722. The SMILES string of the molecule is C=CCN=C1NC2C(C(=O)NC(=O)N2C)N1CCCCCCCCC. The van der Waals surface area contributed by atoms with Crippen LogP contribution in [0.5, 0.6) is 0 Å². The number of likely N-dealkylation sites (N-methyl/N-ethyl adjacent to an activating group) is 1. The van der Waals surface area contributed by atoms with E-state index < -0.39 is 6.04 Å². The molecule has 0 aliphatic carbocycles. The highest BCUT2D eigenvalue weighted by atomic mass is 16.2. The molecule has 0 aromatic heterocycles. The van der Waals surface area contributed by atoms with Gasteiger partial charge in [-0.25, -0.2) is 9.79 Å². The Balaban J connectivity index is 1.95. The van der Waals surface area contributed by atoms with E-state index in [9.17, 15) is 9.59 Å². The Bertz CT molecular complexity index is 520. The molecule has 0 aromatic carbocycles. The summed E-state index contributed by atoms with van der Waals surface area (Å²) in [6, 6.07) is -0.800. The van der Waals surface area contributed by atoms with Crippen LogP contribution in [0.25, 0.3) is 0 Å². The summed E-state index contributed by atoms with van der Waals surface area (Å²) in [6.45, 7) is 7.15. The Morgan fingerprint density at radius 2 is 1.84 bits per heavy atom. The summed E-state index contributed by atoms with van der Waals surface area (Å²) in [4.78, 5) is 32.2. The number of hydrogen-bond acceptors (Lipinski definition) is 3. The molecule has 2 rings (SSSR count). The molecule has 2 atom stereocenters. The molecule has 7 heteroatoms. The molecule has 0 aromatic rings. The molecule has 0 saturated carbocycles. The van der Waals surface area contributed by atoms with Crippen molar-refractivity contribution in [2.75, 3.05) is 20.1 Å². The van der Waals surface area contributed by atoms with Crippen molar-refractivity contribution in [2.45, 2.75) is 64.1 Å². The summed E-state index contributed by atoms with van der Waals surface area (Å²) >= 11 is 0. The van der Waals surface area contributed by atoms with Gasteiger partial charge in [0.1, 0.15) is 6.17 Å². The highest BCUT2D eigenvalue weighted by Gasteiger charge is 2.49. The highest BCUT2D eigenvalue weighted by Crippen LogP contribution is 2.21. The standard InChI is InChI=1S/C18H31N5O2/c1-4-6-7-8-9-10-11-13-23-14-15(20-17(23)19-12-5-2)22(3)18(25)21-16(14)24/h5,14-15H,2,4,6-13H2,1,3H3,(H,19,20)(H,21,24,25). The Hall–Kier alpha value is -2.05. The molecule has 25 heavy (non-hydrogen) atoms. The summed E-state index contributed by atoms with van der Waals surface area (Å²) in [5.74, 6) is 0.421. The Labute approximate surface area is 150 Å². The molecular weight excluding hydrogens is 318 g/mol. The molecule has 2 heterocycles. The monoisotopic (exact) mass is 349 g/mol. The first-order valence-corrected chi connectivity index (χ1v) is 9.36. The second-order valence-electron chi connectivity index (χ2n) is 6.71. The van der Waals surface area contributed by atoms with Gasteiger partial charge in [0.2, 0.25) is 0 Å². The van der Waals surface area contributed by atoms with Crippen LogP contribution in [0, 0.1) is 0 Å². The van der Waals surface area contributed by atoms with Crippen LogP contribution in [0.1, 0.15) is 51.9 Å². The largest absolute Gasteiger partial charge is 0.333 e. The number of nitrogens with one attached hydrogen (secondary N) is 2. The lowest BCUT2D eigenvalue weighted by Gasteiger charge is -2.35. The van der Waals surface area contributed by atoms with E-state index in [2.05, 4.69) is 29.1 Å². The first kappa shape index (κ1) is 19.3. The number of unbranched alkanes of at least 4 members (excludes halogenated alkanes) is 6. The van der Waals surface area contributed by atoms with Gasteiger partial charge in [-0.05, 0) is 6.42 Å². The van der Waals surface area contributed by atoms with Gasteiger partial charge in [0, 0.05) is 13.6 Å². The maximum atomic E-state index is 12.4. The zero-order chi connectivity index (χ0) is 18.2. The van der Waals surface area contributed by atoms with Crippen molar-refractivity contribution >= 4 is 17.9 Å². The number of nitrogens with zero attached hydrogens (tertiary/aromatic N) is 3. The Morgan fingerprint density at radius 3 is 2.52 bits per heavy atom. The van der Waals surface area contributed by atoms with Crippen molar-refractivity contribution in [3.63, 3.8) is 0 Å². The van der Waals surface area contributed by atoms with E-state index in [1.54, 1.807) is 13.1 Å². The predicted octanol–water partition coefficient (Wildman–Crippen LogP) is 2.06. The van der Waals surface area contributed by atoms with Gasteiger partial charge in [-0.1, -0.05) is 51.5 Å². The smallest absolute Gasteiger partial charge is 0.325 e. The van der Waals surface area contributed by atoms with Crippen LogP contribution in [-0.4, -0.2) is 60.0 Å². The Kier molecular flexibility index (Phi) is 7.28. The third-order valence-corrected chi connectivity index (χ3v) is 4.79. The maximum Gasteiger partial charge on any atom is 0.325 e. The van der Waals surface area contributed by atoms with Crippen molar-refractivity contribution < 1.29 is 9.59 Å². The molecule has 7 nitrogen and oxygen atoms in total. The van der Waals surface area contributed by atoms with Crippen LogP contribution < -0.4 is 10.6 Å². The lowest BCUT2D eigenvalue weighted by molar-refractivity contribution is -0.127. The van der Waals surface area contributed by atoms with Gasteiger partial charge in [-0.15, -0.1) is 6.58 Å². The van der Waals surface area contributed by atoms with Crippen molar-refractivity contribution in [1.82, 2.24) is 20.4 Å². The lowest BCUT2D eigenvalue weighted by atomic mass is 10.1. The number of urea groups is 1. The molecular formula is C18H31N5O2. The predicted molar refractivity (Wildman–Crippen MR) is 99.2 cm³/mol. The number of imide groups is 1. The van der Waals surface area contributed by atoms with Crippen LogP contribution in [0.3, 0.4) is 0 Å². The molecule has 3 amide bonds. The minimum absolute atomic E-state index is 0.257. The second-order valence-corrected chi connectivity index (χ2v) is 6.71. The number of fused-ring (bicyclic) bond motifs is 1. The zero-order valence-electron chi connectivity index (χ0n) is 15.5. The van der Waals surface area contributed by atoms with Gasteiger partial charge in [0.15, 0.2) is 12.0 Å². The summed E-state index contributed by atoms with van der Waals surface area (Å²) in [7, 11) is 1.69. The highest BCUT2D eigenvalue weighted by molar-refractivity contribution is 6.04. The van der Waals surface area contributed by atoms with Gasteiger partial charge >= 0.3 is 6.03 Å². The number of rotatable bonds is 10. The van der Waals surface area contributed by atoms with Crippen molar-refractivity contribution in [1.29, 1.82) is 0 Å². The molecule has 2 aliphatic rings. The van der Waals surface area contributed by atoms with Gasteiger partial charge in [0.25, 0.3) is 5.91 Å². The molecule has 2 N–H and O–H groups in total. The molecule has 0 bridgehead atoms. The average Bonchev–Trinajstić information content (AvgIpc) is 2.96. The third-order valence-electron chi connectivity index (χ3n) is 4.79. The van der Waals surface area contributed by atoms with Gasteiger partial charge in [-0.2, -0.15) is 0 Å². The van der Waals surface area contributed by atoms with E-state index in [1.165, 1.54) is 37.0 Å². The summed E-state index contributed by atoms with van der Waals surface area (Å²) in [6.07, 6.45) is 9.86. The summed E-state index contributed by atoms with van der Waals surface area (Å²) in [5.41, 5.74) is 0. The van der Waals surface area contributed by atoms with Crippen LogP contribution in [0.2, 0.25) is 0 Å². The molecule has 2 saturated heterocycles. The first-order chi connectivity index (χ1) is 12.1. The van der Waals surface area contributed by atoms with E-state index in [0.29, 0.717) is 12.5 Å². The quantitative estimate of drug-likeness (QED) is 0.467. The topological polar surface area (TPSA) is 77.0 Å². The lowest BCUT2D eigenvalue weighted by Crippen LogP contribution is -2.64. The number of guanidine groups is 1. The van der Waals surface area contributed by atoms with E-state index in [1.807, 2.05) is 4.90 Å². The third kappa shape index (κ3) is 4.74. The van der Waals surface area contributed by atoms with Crippen molar-refractivity contribution in [2.24, 2.45) is 4.99 Å². The number of amides is 3. The summed E-state index contributed by atoms with van der Waals surface area (Å²) < 4.78 is 0. The summed E-state index contributed by atoms with van der Waals surface area (Å²) in [5, 5.41) is 5.65. The molecule has 140 valence electrons. The first-order valence-electron chi connectivity index (χ1n) is 9.36. The van der Waals surface area contributed by atoms with Crippen LogP contribution in [-0.2, 0) is 4.79 Å². The molecule has 2 aliphatic heterocycles. The second kappa shape index (κ2) is 9.44.